The Morgan fingerprint density at radius 2 is 1.39 bits per heavy atom. The van der Waals surface area contributed by atoms with Gasteiger partial charge in [0.05, 0.1) is 23.9 Å². The maximum absolute atomic E-state index is 10.6. The maximum atomic E-state index is 10.6. The van der Waals surface area contributed by atoms with E-state index in [2.05, 4.69) is 74.3 Å². The number of carbonyl (C=O) groups is 2. The lowest BCUT2D eigenvalue weighted by atomic mass is 9.94. The lowest BCUT2D eigenvalue weighted by Crippen LogP contribution is -2.54. The molecule has 2 fully saturated rings. The monoisotopic (exact) mass is 425 g/mol. The molecule has 28 heavy (non-hydrogen) atoms. The molecule has 0 aromatic heterocycles. The quantitative estimate of drug-likeness (QED) is 0.216. The first kappa shape index (κ1) is 21.8. The van der Waals surface area contributed by atoms with Crippen molar-refractivity contribution in [1.29, 1.82) is 0 Å². The van der Waals surface area contributed by atoms with Crippen LogP contribution in [0.4, 0.5) is 0 Å². The Balaban J connectivity index is 0.000000136. The van der Waals surface area contributed by atoms with Gasteiger partial charge in [-0.05, 0) is 19.3 Å². The molecule has 0 saturated carbocycles. The number of carbonyl (C=O) groups excluding carboxylic acids is 3. The van der Waals surface area contributed by atoms with Crippen LogP contribution in [0.25, 0.3) is 0 Å². The van der Waals surface area contributed by atoms with Gasteiger partial charge in [-0.25, -0.2) is 4.79 Å². The van der Waals surface area contributed by atoms with Crippen LogP contribution in [0.5, 0.6) is 0 Å². The van der Waals surface area contributed by atoms with Crippen LogP contribution in [0.1, 0.15) is 19.3 Å². The van der Waals surface area contributed by atoms with Crippen LogP contribution >= 0.6 is 10.7 Å². The van der Waals surface area contributed by atoms with E-state index in [-0.39, 0.29) is 11.8 Å². The van der Waals surface area contributed by atoms with E-state index in [1.807, 2.05) is 0 Å². The minimum Gasteiger partial charge on any atom is -0.349 e. The Hall–Kier alpha value is -2.48. The number of β-lactam (4-membered cyclic amide) rings is 2. The molecule has 2 saturated heterocycles. The number of hydrogen-bond acceptors (Lipinski definition) is 5. The Morgan fingerprint density at radius 1 is 0.929 bits per heavy atom. The van der Waals surface area contributed by atoms with Crippen LogP contribution in [0.15, 0.2) is 53.0 Å². The standard InChI is InChI=1S/2C6H7NO.C5H6.CClNO3S/c2*8-6-4-2-1-3-5(4)7-6;1-2-4-5-3-1;2-7(5,6)3-1-4/h2*1,3-5H,2H2,(H,7,8);1-4H,5H2;/t4-,5+;;;/m0.../s1. The van der Waals surface area contributed by atoms with Crippen LogP contribution in [-0.2, 0) is 23.6 Å². The van der Waals surface area contributed by atoms with Gasteiger partial charge in [0.25, 0.3) is 6.08 Å². The number of allylic oxidation sites excluding steroid dienone is 6. The second-order valence-electron chi connectivity index (χ2n) is 6.30. The van der Waals surface area contributed by atoms with Crippen LogP contribution in [-0.4, -0.2) is 38.4 Å². The van der Waals surface area contributed by atoms with Crippen molar-refractivity contribution in [1.82, 2.24) is 10.6 Å². The number of rotatable bonds is 1. The summed E-state index contributed by atoms with van der Waals surface area (Å²) in [7, 11) is 0.376. The first-order valence-electron chi connectivity index (χ1n) is 8.61. The summed E-state index contributed by atoms with van der Waals surface area (Å²) in [6.07, 6.45) is 20.4. The predicted octanol–water partition coefficient (Wildman–Crippen LogP) is 1.43. The van der Waals surface area contributed by atoms with Gasteiger partial charge in [0, 0.05) is 10.7 Å². The molecule has 0 radical (unpaired) electrons. The molecule has 3 aliphatic carbocycles. The number of nitrogens with one attached hydrogen (secondary N) is 2. The third-order valence-corrected chi connectivity index (χ3v) is 4.93. The van der Waals surface area contributed by atoms with E-state index in [1.54, 1.807) is 0 Å². The van der Waals surface area contributed by atoms with Gasteiger partial charge < -0.3 is 10.6 Å². The Bertz CT molecular complexity index is 824. The van der Waals surface area contributed by atoms with Crippen LogP contribution in [0.2, 0.25) is 0 Å². The normalized spacial score (nSPS) is 28.9. The Kier molecular flexibility index (Phi) is 7.92. The second-order valence-corrected chi connectivity index (χ2v) is 8.47. The minimum atomic E-state index is -4.00. The zero-order valence-corrected chi connectivity index (χ0v) is 16.4. The summed E-state index contributed by atoms with van der Waals surface area (Å²) in [6.45, 7) is 0. The van der Waals surface area contributed by atoms with Crippen molar-refractivity contribution in [2.75, 3.05) is 0 Å². The molecule has 5 rings (SSSR count). The first-order chi connectivity index (χ1) is 13.3. The SMILES string of the molecule is C1=CCC=C1.O=C1NC2C=CCC12.O=C1N[C@@H]2C=CC[C@H]12.O=C=NS(=O)(=O)Cl. The highest BCUT2D eigenvalue weighted by Gasteiger charge is 2.39. The molecule has 5 aliphatic rings. The maximum Gasteiger partial charge on any atom is 0.350 e. The molecule has 0 spiro atoms. The molecule has 0 aromatic rings. The predicted molar refractivity (Wildman–Crippen MR) is 104 cm³/mol. The number of amides is 2. The molecule has 8 nitrogen and oxygen atoms in total. The summed E-state index contributed by atoms with van der Waals surface area (Å²) in [4.78, 5) is 30.2. The third-order valence-electron chi connectivity index (χ3n) is 4.43. The van der Waals surface area contributed by atoms with Crippen molar-refractivity contribution in [2.45, 2.75) is 31.3 Å². The van der Waals surface area contributed by atoms with E-state index in [4.69, 9.17) is 4.79 Å². The van der Waals surface area contributed by atoms with Crippen molar-refractivity contribution in [3.63, 3.8) is 0 Å². The largest absolute Gasteiger partial charge is 0.350 e. The highest BCUT2D eigenvalue weighted by atomic mass is 35.7. The molecule has 2 N–H and O–H groups in total. The van der Waals surface area contributed by atoms with E-state index in [0.29, 0.717) is 23.9 Å². The average molecular weight is 426 g/mol. The first-order valence-corrected chi connectivity index (χ1v) is 10.9. The molecule has 2 unspecified atom stereocenters. The summed E-state index contributed by atoms with van der Waals surface area (Å²) in [5.74, 6) is 1.05. The second kappa shape index (κ2) is 10.2. The summed E-state index contributed by atoms with van der Waals surface area (Å²) in [5, 5.41) is 5.56. The topological polar surface area (TPSA) is 122 Å². The minimum absolute atomic E-state index is 0.222. The van der Waals surface area contributed by atoms with Gasteiger partial charge in [-0.2, -0.15) is 8.42 Å². The summed E-state index contributed by atoms with van der Waals surface area (Å²) in [6, 6.07) is 0.782. The lowest BCUT2D eigenvalue weighted by Gasteiger charge is -2.29. The summed E-state index contributed by atoms with van der Waals surface area (Å²) >= 11 is 0. The number of halogens is 1. The number of nitrogens with zero attached hydrogens (tertiary/aromatic N) is 1. The third kappa shape index (κ3) is 6.60. The molecule has 2 amide bonds. The van der Waals surface area contributed by atoms with Crippen LogP contribution in [0.3, 0.4) is 0 Å². The summed E-state index contributed by atoms with van der Waals surface area (Å²) < 4.78 is 21.3. The highest BCUT2D eigenvalue weighted by Crippen LogP contribution is 2.26. The van der Waals surface area contributed by atoms with Crippen molar-refractivity contribution in [3.8, 4) is 0 Å². The molecule has 0 aromatic carbocycles. The van der Waals surface area contributed by atoms with Gasteiger partial charge in [0.15, 0.2) is 0 Å². The fourth-order valence-electron chi connectivity index (χ4n) is 2.93. The molecular weight excluding hydrogens is 406 g/mol. The summed E-state index contributed by atoms with van der Waals surface area (Å²) in [5.41, 5.74) is 0. The Labute approximate surface area is 167 Å². The molecule has 2 aliphatic heterocycles. The zero-order valence-electron chi connectivity index (χ0n) is 14.8. The average Bonchev–Trinajstić information content (AvgIpc) is 3.35. The highest BCUT2D eigenvalue weighted by molar-refractivity contribution is 8.12. The van der Waals surface area contributed by atoms with E-state index >= 15 is 0 Å². The molecule has 2 heterocycles. The van der Waals surface area contributed by atoms with Crippen molar-refractivity contribution in [2.24, 2.45) is 16.2 Å². The van der Waals surface area contributed by atoms with Crippen LogP contribution < -0.4 is 10.6 Å². The fraction of sp³-hybridized carbons (Fsp3) is 0.389. The van der Waals surface area contributed by atoms with Gasteiger partial charge in [-0.3, -0.25) is 9.59 Å². The number of isocyanates is 1. The van der Waals surface area contributed by atoms with E-state index in [0.717, 1.165) is 25.3 Å². The zero-order chi connectivity index (χ0) is 20.6. The molecule has 150 valence electrons. The van der Waals surface area contributed by atoms with Gasteiger partial charge in [-0.15, -0.1) is 0 Å². The molecule has 10 heteroatoms. The van der Waals surface area contributed by atoms with E-state index in [9.17, 15) is 18.0 Å². The van der Waals surface area contributed by atoms with Gasteiger partial charge in [0.1, 0.15) is 0 Å². The number of hydrogen-bond donors (Lipinski definition) is 2. The van der Waals surface area contributed by atoms with Gasteiger partial charge in [0.2, 0.25) is 11.8 Å². The Morgan fingerprint density at radius 3 is 1.57 bits per heavy atom. The van der Waals surface area contributed by atoms with E-state index in [1.165, 1.54) is 0 Å². The van der Waals surface area contributed by atoms with Gasteiger partial charge >= 0.3 is 9.24 Å². The van der Waals surface area contributed by atoms with Crippen LogP contribution in [0, 0.1) is 11.8 Å². The van der Waals surface area contributed by atoms with Crippen molar-refractivity contribution < 1.29 is 22.8 Å². The molecule has 0 bridgehead atoms. The van der Waals surface area contributed by atoms with Crippen molar-refractivity contribution >= 4 is 37.8 Å². The smallest absolute Gasteiger partial charge is 0.349 e. The fourth-order valence-corrected chi connectivity index (χ4v) is 3.10. The lowest BCUT2D eigenvalue weighted by molar-refractivity contribution is -0.133. The van der Waals surface area contributed by atoms with Crippen molar-refractivity contribution in [3.05, 3.63) is 48.6 Å². The molecule has 4 atom stereocenters. The van der Waals surface area contributed by atoms with E-state index < -0.39 is 9.24 Å². The number of fused-ring (bicyclic) bond motifs is 2. The van der Waals surface area contributed by atoms with Gasteiger partial charge in [-0.1, -0.05) is 53.0 Å². The molecular formula is C18H20ClN3O5S.